The van der Waals surface area contributed by atoms with Gasteiger partial charge in [-0.2, -0.15) is 0 Å². The van der Waals surface area contributed by atoms with Crippen LogP contribution in [-0.4, -0.2) is 22.9 Å². The van der Waals surface area contributed by atoms with E-state index in [9.17, 15) is 23.7 Å². The number of carbonyl (C=O) groups excluding carboxylic acids is 1. The van der Waals surface area contributed by atoms with E-state index in [2.05, 4.69) is 10.6 Å². The van der Waals surface area contributed by atoms with Crippen molar-refractivity contribution < 1.29 is 18.5 Å². The van der Waals surface area contributed by atoms with Gasteiger partial charge in [-0.1, -0.05) is 0 Å². The molecule has 0 radical (unpaired) electrons. The van der Waals surface area contributed by atoms with Gasteiger partial charge in [-0.25, -0.2) is 8.78 Å². The molecule has 0 spiro atoms. The molecule has 0 aromatic heterocycles. The fraction of sp³-hybridized carbons (Fsp3) is 0.417. The Morgan fingerprint density at radius 3 is 2.45 bits per heavy atom. The predicted molar refractivity (Wildman–Crippen MR) is 69.4 cm³/mol. The SMILES string of the molecule is CC(C)(C)NC(=O)CNc1c([N+](=O)[O-])ccc(F)c1F. The molecule has 20 heavy (non-hydrogen) atoms. The number of carbonyl (C=O) groups is 1. The molecule has 6 nitrogen and oxygen atoms in total. The molecule has 0 aliphatic heterocycles. The summed E-state index contributed by atoms with van der Waals surface area (Å²) in [6.07, 6.45) is 0. The number of amides is 1. The van der Waals surface area contributed by atoms with Crippen LogP contribution < -0.4 is 10.6 Å². The van der Waals surface area contributed by atoms with Crippen LogP contribution in [0.15, 0.2) is 12.1 Å². The molecular formula is C12H15F2N3O3. The maximum absolute atomic E-state index is 13.5. The van der Waals surface area contributed by atoms with Gasteiger partial charge in [-0.15, -0.1) is 0 Å². The third-order valence-corrected chi connectivity index (χ3v) is 2.21. The molecule has 0 aliphatic rings. The number of nitro groups is 1. The lowest BCUT2D eigenvalue weighted by atomic mass is 10.1. The van der Waals surface area contributed by atoms with E-state index in [1.807, 2.05) is 0 Å². The van der Waals surface area contributed by atoms with Crippen LogP contribution in [0, 0.1) is 21.7 Å². The second-order valence-corrected chi connectivity index (χ2v) is 5.16. The molecule has 110 valence electrons. The Kier molecular flexibility index (Phi) is 4.59. The third-order valence-electron chi connectivity index (χ3n) is 2.21. The molecule has 1 aromatic carbocycles. The molecule has 0 aliphatic carbocycles. The number of benzene rings is 1. The van der Waals surface area contributed by atoms with Gasteiger partial charge in [0.2, 0.25) is 5.91 Å². The van der Waals surface area contributed by atoms with Crippen molar-refractivity contribution >= 4 is 17.3 Å². The Balaban J connectivity index is 2.90. The van der Waals surface area contributed by atoms with Crippen LogP contribution in [0.5, 0.6) is 0 Å². The standard InChI is InChI=1S/C12H15F2N3O3/c1-12(2,3)16-9(18)6-15-11-8(17(19)20)5-4-7(13)10(11)14/h4-5,15H,6H2,1-3H3,(H,16,18). The summed E-state index contributed by atoms with van der Waals surface area (Å²) in [4.78, 5) is 21.4. The summed E-state index contributed by atoms with van der Waals surface area (Å²) in [5, 5.41) is 15.6. The smallest absolute Gasteiger partial charge is 0.295 e. The van der Waals surface area contributed by atoms with Gasteiger partial charge >= 0.3 is 0 Å². The normalized spacial score (nSPS) is 11.1. The van der Waals surface area contributed by atoms with Crippen molar-refractivity contribution in [1.29, 1.82) is 0 Å². The molecule has 8 heteroatoms. The van der Waals surface area contributed by atoms with E-state index < -0.39 is 45.9 Å². The number of nitro benzene ring substituents is 1. The van der Waals surface area contributed by atoms with Crippen LogP contribution in [0.2, 0.25) is 0 Å². The molecule has 1 aromatic rings. The van der Waals surface area contributed by atoms with E-state index in [1.165, 1.54) is 0 Å². The number of hydrogen-bond donors (Lipinski definition) is 2. The first kappa shape index (κ1) is 15.8. The number of anilines is 1. The molecule has 0 bridgehead atoms. The first-order chi connectivity index (χ1) is 9.11. The highest BCUT2D eigenvalue weighted by molar-refractivity contribution is 5.82. The van der Waals surface area contributed by atoms with Crippen molar-refractivity contribution in [3.05, 3.63) is 33.9 Å². The van der Waals surface area contributed by atoms with E-state index in [-0.39, 0.29) is 0 Å². The average Bonchev–Trinajstić information content (AvgIpc) is 2.28. The molecule has 0 fully saturated rings. The van der Waals surface area contributed by atoms with Gasteiger partial charge in [0.25, 0.3) is 5.69 Å². The number of nitrogens with zero attached hydrogens (tertiary/aromatic N) is 1. The van der Waals surface area contributed by atoms with E-state index in [0.29, 0.717) is 6.07 Å². The molecule has 0 unspecified atom stereocenters. The zero-order valence-electron chi connectivity index (χ0n) is 11.3. The topological polar surface area (TPSA) is 84.3 Å². The van der Waals surface area contributed by atoms with E-state index >= 15 is 0 Å². The van der Waals surface area contributed by atoms with Gasteiger partial charge in [-0.3, -0.25) is 14.9 Å². The van der Waals surface area contributed by atoms with Crippen molar-refractivity contribution in [3.63, 3.8) is 0 Å². The average molecular weight is 287 g/mol. The predicted octanol–water partition coefficient (Wildman–Crippen LogP) is 2.20. The lowest BCUT2D eigenvalue weighted by molar-refractivity contribution is -0.384. The van der Waals surface area contributed by atoms with Crippen LogP contribution >= 0.6 is 0 Å². The molecule has 1 rings (SSSR count). The second-order valence-electron chi connectivity index (χ2n) is 5.16. The summed E-state index contributed by atoms with van der Waals surface area (Å²) < 4.78 is 26.6. The van der Waals surface area contributed by atoms with Crippen molar-refractivity contribution in [2.75, 3.05) is 11.9 Å². The molecule has 0 atom stereocenters. The van der Waals surface area contributed by atoms with Crippen molar-refractivity contribution in [2.45, 2.75) is 26.3 Å². The maximum atomic E-state index is 13.5. The zero-order chi connectivity index (χ0) is 15.5. The molecule has 1 amide bonds. The Labute approximate surface area is 114 Å². The second kappa shape index (κ2) is 5.81. The van der Waals surface area contributed by atoms with Gasteiger partial charge in [0.15, 0.2) is 17.3 Å². The van der Waals surface area contributed by atoms with Gasteiger partial charge in [0.1, 0.15) is 0 Å². The quantitative estimate of drug-likeness (QED) is 0.656. The first-order valence-electron chi connectivity index (χ1n) is 5.79. The lowest BCUT2D eigenvalue weighted by Crippen LogP contribution is -2.43. The number of rotatable bonds is 4. The largest absolute Gasteiger partial charge is 0.368 e. The van der Waals surface area contributed by atoms with Crippen molar-refractivity contribution in [1.82, 2.24) is 5.32 Å². The number of hydrogen-bond acceptors (Lipinski definition) is 4. The summed E-state index contributed by atoms with van der Waals surface area (Å²) in [6.45, 7) is 4.83. The number of nitrogens with one attached hydrogen (secondary N) is 2. The van der Waals surface area contributed by atoms with Crippen molar-refractivity contribution in [2.24, 2.45) is 0 Å². The summed E-state index contributed by atoms with van der Waals surface area (Å²) >= 11 is 0. The highest BCUT2D eigenvalue weighted by atomic mass is 19.2. The summed E-state index contributed by atoms with van der Waals surface area (Å²) in [7, 11) is 0. The Hall–Kier alpha value is -2.25. The highest BCUT2D eigenvalue weighted by Crippen LogP contribution is 2.28. The molecule has 0 heterocycles. The van der Waals surface area contributed by atoms with Crippen LogP contribution in [-0.2, 0) is 4.79 Å². The Morgan fingerprint density at radius 1 is 1.35 bits per heavy atom. The van der Waals surface area contributed by atoms with Gasteiger partial charge in [0, 0.05) is 11.6 Å². The minimum atomic E-state index is -1.39. The van der Waals surface area contributed by atoms with Crippen LogP contribution in [0.25, 0.3) is 0 Å². The summed E-state index contributed by atoms with van der Waals surface area (Å²) in [5.74, 6) is -3.10. The van der Waals surface area contributed by atoms with Gasteiger partial charge in [-0.05, 0) is 26.8 Å². The highest BCUT2D eigenvalue weighted by Gasteiger charge is 2.22. The number of halogens is 2. The third kappa shape index (κ3) is 4.15. The fourth-order valence-electron chi connectivity index (χ4n) is 1.49. The van der Waals surface area contributed by atoms with Gasteiger partial charge in [0.05, 0.1) is 11.5 Å². The maximum Gasteiger partial charge on any atom is 0.295 e. The van der Waals surface area contributed by atoms with Crippen molar-refractivity contribution in [3.8, 4) is 0 Å². The fourth-order valence-corrected chi connectivity index (χ4v) is 1.49. The van der Waals surface area contributed by atoms with E-state index in [1.54, 1.807) is 20.8 Å². The summed E-state index contributed by atoms with van der Waals surface area (Å²) in [6, 6.07) is 1.50. The first-order valence-corrected chi connectivity index (χ1v) is 5.79. The minimum Gasteiger partial charge on any atom is -0.368 e. The zero-order valence-corrected chi connectivity index (χ0v) is 11.3. The Morgan fingerprint density at radius 2 is 1.95 bits per heavy atom. The minimum absolute atomic E-state index is 0.404. The van der Waals surface area contributed by atoms with Crippen LogP contribution in [0.3, 0.4) is 0 Å². The molecule has 0 saturated heterocycles. The summed E-state index contributed by atoms with van der Waals surface area (Å²) in [5.41, 5.74) is -1.77. The van der Waals surface area contributed by atoms with Crippen LogP contribution in [0.4, 0.5) is 20.2 Å². The molecule has 2 N–H and O–H groups in total. The molecular weight excluding hydrogens is 272 g/mol. The van der Waals surface area contributed by atoms with E-state index in [4.69, 9.17) is 0 Å². The monoisotopic (exact) mass is 287 g/mol. The Bertz CT molecular complexity index is 541. The van der Waals surface area contributed by atoms with Crippen LogP contribution in [0.1, 0.15) is 20.8 Å². The lowest BCUT2D eigenvalue weighted by Gasteiger charge is -2.20. The molecule has 0 saturated carbocycles. The van der Waals surface area contributed by atoms with E-state index in [0.717, 1.165) is 6.07 Å². The van der Waals surface area contributed by atoms with Gasteiger partial charge < -0.3 is 10.6 Å².